The van der Waals surface area contributed by atoms with Crippen LogP contribution < -0.4 is 0 Å². The van der Waals surface area contributed by atoms with E-state index in [0.717, 1.165) is 18.6 Å². The van der Waals surface area contributed by atoms with Crippen molar-refractivity contribution in [2.75, 3.05) is 0 Å². The van der Waals surface area contributed by atoms with Crippen LogP contribution in [0.3, 0.4) is 0 Å². The zero-order chi connectivity index (χ0) is 10.6. The second-order valence-corrected chi connectivity index (χ2v) is 4.20. The average molecular weight is 195 g/mol. The topological polar surface area (TPSA) is 33.0 Å². The molecule has 2 nitrogen and oxygen atoms in total. The van der Waals surface area contributed by atoms with Crippen molar-refractivity contribution in [3.8, 4) is 0 Å². The Morgan fingerprint density at radius 2 is 2.14 bits per heavy atom. The Morgan fingerprint density at radius 1 is 1.43 bits per heavy atom. The van der Waals surface area contributed by atoms with Gasteiger partial charge in [-0.1, -0.05) is 20.8 Å². The quantitative estimate of drug-likeness (QED) is 0.706. The summed E-state index contributed by atoms with van der Waals surface area (Å²) < 4.78 is 5.29. The summed E-state index contributed by atoms with van der Waals surface area (Å²) >= 11 is 0. The molecule has 0 N–H and O–H groups in total. The molecule has 0 aliphatic heterocycles. The molecule has 0 aliphatic rings. The Balaban J connectivity index is 2.62. The molecule has 1 heterocycles. The van der Waals surface area contributed by atoms with Gasteiger partial charge in [0.2, 0.25) is 0 Å². The molecule has 79 valence electrons. The third-order valence-electron chi connectivity index (χ3n) is 2.50. The summed E-state index contributed by atoms with van der Waals surface area (Å²) in [5, 5.41) is 11.9. The molecule has 2 heteroatoms. The maximum absolute atomic E-state index is 11.9. The standard InChI is InChI=1S/C12H19O2/c1-4-10(11(13)8-9(2)3)12-6-5-7-14-12/h5-7,9-11H,4,8H2,1-3H3. The fourth-order valence-corrected chi connectivity index (χ4v) is 1.78. The summed E-state index contributed by atoms with van der Waals surface area (Å²) in [6.07, 6.45) is 2.68. The second-order valence-electron chi connectivity index (χ2n) is 4.20. The Bertz CT molecular complexity index is 239. The monoisotopic (exact) mass is 195 g/mol. The zero-order valence-electron chi connectivity index (χ0n) is 9.19. The first-order valence-electron chi connectivity index (χ1n) is 5.34. The van der Waals surface area contributed by atoms with Gasteiger partial charge in [0.05, 0.1) is 6.26 Å². The van der Waals surface area contributed by atoms with Crippen molar-refractivity contribution in [3.05, 3.63) is 24.2 Å². The summed E-state index contributed by atoms with van der Waals surface area (Å²) in [5.41, 5.74) is 0. The minimum Gasteiger partial charge on any atom is -0.469 e. The maximum Gasteiger partial charge on any atom is 0.109 e. The highest BCUT2D eigenvalue weighted by molar-refractivity contribution is 5.07. The molecule has 1 rings (SSSR count). The van der Waals surface area contributed by atoms with Crippen molar-refractivity contribution >= 4 is 0 Å². The van der Waals surface area contributed by atoms with Gasteiger partial charge in [0.1, 0.15) is 11.9 Å². The first kappa shape index (κ1) is 11.3. The van der Waals surface area contributed by atoms with Crippen molar-refractivity contribution in [2.24, 2.45) is 5.92 Å². The highest BCUT2D eigenvalue weighted by atomic mass is 16.3. The van der Waals surface area contributed by atoms with Crippen LogP contribution in [0, 0.1) is 5.92 Å². The molecular formula is C12H19O2. The molecule has 1 aromatic heterocycles. The van der Waals surface area contributed by atoms with Gasteiger partial charge < -0.3 is 4.42 Å². The molecule has 0 fully saturated rings. The smallest absolute Gasteiger partial charge is 0.109 e. The van der Waals surface area contributed by atoms with Gasteiger partial charge in [-0.25, -0.2) is 5.11 Å². The lowest BCUT2D eigenvalue weighted by molar-refractivity contribution is 0.0393. The molecule has 1 aromatic rings. The maximum atomic E-state index is 11.9. The summed E-state index contributed by atoms with van der Waals surface area (Å²) in [6, 6.07) is 3.75. The van der Waals surface area contributed by atoms with E-state index in [2.05, 4.69) is 13.8 Å². The lowest BCUT2D eigenvalue weighted by atomic mass is 9.91. The Hall–Kier alpha value is -0.760. The van der Waals surface area contributed by atoms with E-state index in [-0.39, 0.29) is 5.92 Å². The molecule has 1 radical (unpaired) electrons. The fraction of sp³-hybridized carbons (Fsp3) is 0.667. The minimum absolute atomic E-state index is 0.0346. The second kappa shape index (κ2) is 5.20. The molecule has 0 amide bonds. The van der Waals surface area contributed by atoms with Crippen LogP contribution in [0.4, 0.5) is 0 Å². The third-order valence-corrected chi connectivity index (χ3v) is 2.50. The summed E-state index contributed by atoms with van der Waals surface area (Å²) in [7, 11) is 0. The summed E-state index contributed by atoms with van der Waals surface area (Å²) in [6.45, 7) is 6.21. The van der Waals surface area contributed by atoms with Crippen LogP contribution in [0.2, 0.25) is 0 Å². The van der Waals surface area contributed by atoms with Crippen LogP contribution in [0.15, 0.2) is 22.8 Å². The van der Waals surface area contributed by atoms with Crippen molar-refractivity contribution in [2.45, 2.75) is 45.6 Å². The Morgan fingerprint density at radius 3 is 2.57 bits per heavy atom. The number of rotatable bonds is 5. The fourth-order valence-electron chi connectivity index (χ4n) is 1.78. The highest BCUT2D eigenvalue weighted by Crippen LogP contribution is 2.27. The van der Waals surface area contributed by atoms with E-state index < -0.39 is 6.10 Å². The van der Waals surface area contributed by atoms with E-state index in [1.54, 1.807) is 6.26 Å². The van der Waals surface area contributed by atoms with Gasteiger partial charge in [0.25, 0.3) is 0 Å². The summed E-state index contributed by atoms with van der Waals surface area (Å²) in [5.74, 6) is 1.34. The number of hydrogen-bond acceptors (Lipinski definition) is 1. The normalized spacial score (nSPS) is 15.8. The van der Waals surface area contributed by atoms with Gasteiger partial charge in [-0.05, 0) is 30.9 Å². The molecule has 0 aliphatic carbocycles. The van der Waals surface area contributed by atoms with E-state index in [9.17, 15) is 5.11 Å². The van der Waals surface area contributed by atoms with Gasteiger partial charge in [-0.3, -0.25) is 0 Å². The van der Waals surface area contributed by atoms with Crippen molar-refractivity contribution < 1.29 is 9.52 Å². The van der Waals surface area contributed by atoms with E-state index in [1.807, 2.05) is 19.1 Å². The lowest BCUT2D eigenvalue weighted by Crippen LogP contribution is -2.18. The zero-order valence-corrected chi connectivity index (χ0v) is 9.19. The third kappa shape index (κ3) is 2.88. The predicted molar refractivity (Wildman–Crippen MR) is 55.7 cm³/mol. The number of furan rings is 1. The molecule has 14 heavy (non-hydrogen) atoms. The highest BCUT2D eigenvalue weighted by Gasteiger charge is 2.23. The first-order chi connectivity index (χ1) is 6.65. The van der Waals surface area contributed by atoms with Crippen LogP contribution in [0.5, 0.6) is 0 Å². The lowest BCUT2D eigenvalue weighted by Gasteiger charge is -2.19. The van der Waals surface area contributed by atoms with Crippen molar-refractivity contribution in [1.29, 1.82) is 0 Å². The molecule has 0 saturated carbocycles. The molecule has 0 bridgehead atoms. The van der Waals surface area contributed by atoms with E-state index >= 15 is 0 Å². The van der Waals surface area contributed by atoms with Gasteiger partial charge in [0, 0.05) is 5.92 Å². The molecule has 2 unspecified atom stereocenters. The van der Waals surface area contributed by atoms with Crippen LogP contribution in [-0.4, -0.2) is 6.10 Å². The van der Waals surface area contributed by atoms with Crippen LogP contribution in [0.1, 0.15) is 45.3 Å². The molecule has 0 saturated heterocycles. The van der Waals surface area contributed by atoms with Crippen LogP contribution >= 0.6 is 0 Å². The van der Waals surface area contributed by atoms with Crippen molar-refractivity contribution in [3.63, 3.8) is 0 Å². The summed E-state index contributed by atoms with van der Waals surface area (Å²) in [4.78, 5) is 0. The van der Waals surface area contributed by atoms with Crippen LogP contribution in [-0.2, 0) is 5.11 Å². The van der Waals surface area contributed by atoms with Gasteiger partial charge in [0.15, 0.2) is 0 Å². The molecular weight excluding hydrogens is 176 g/mol. The van der Waals surface area contributed by atoms with Gasteiger partial charge in [-0.2, -0.15) is 0 Å². The minimum atomic E-state index is -0.536. The van der Waals surface area contributed by atoms with Crippen LogP contribution in [0.25, 0.3) is 0 Å². The molecule has 0 aromatic carbocycles. The predicted octanol–water partition coefficient (Wildman–Crippen LogP) is 3.62. The largest absolute Gasteiger partial charge is 0.469 e. The average Bonchev–Trinajstić information content (AvgIpc) is 2.57. The first-order valence-corrected chi connectivity index (χ1v) is 5.34. The van der Waals surface area contributed by atoms with E-state index in [0.29, 0.717) is 5.92 Å². The van der Waals surface area contributed by atoms with E-state index in [1.165, 1.54) is 0 Å². The Labute approximate surface area is 85.9 Å². The van der Waals surface area contributed by atoms with Gasteiger partial charge >= 0.3 is 0 Å². The van der Waals surface area contributed by atoms with Gasteiger partial charge in [-0.15, -0.1) is 0 Å². The Kier molecular flexibility index (Phi) is 4.21. The number of hydrogen-bond donors (Lipinski definition) is 0. The molecule has 0 spiro atoms. The van der Waals surface area contributed by atoms with E-state index in [4.69, 9.17) is 4.42 Å². The molecule has 2 atom stereocenters. The SMILES string of the molecule is CCC(c1ccco1)C([O])CC(C)C. The van der Waals surface area contributed by atoms with Crippen molar-refractivity contribution in [1.82, 2.24) is 0 Å².